The molecule has 0 radical (unpaired) electrons. The van der Waals surface area contributed by atoms with Crippen molar-refractivity contribution >= 4 is 5.78 Å². The van der Waals surface area contributed by atoms with Gasteiger partial charge < -0.3 is 4.74 Å². The first-order valence-corrected chi connectivity index (χ1v) is 7.56. The molecule has 0 saturated carbocycles. The normalized spacial score (nSPS) is 14.8. The lowest BCUT2D eigenvalue weighted by molar-refractivity contribution is 0.0663. The third kappa shape index (κ3) is 2.59. The van der Waals surface area contributed by atoms with E-state index >= 15 is 0 Å². The number of nitrogens with zero attached hydrogens (tertiary/aromatic N) is 1. The second kappa shape index (κ2) is 5.96. The minimum atomic E-state index is -0.501. The van der Waals surface area contributed by atoms with Gasteiger partial charge in [-0.05, 0) is 51.4 Å². The standard InChI is InChI=1S/C17H25NO2/c1-5-18(6-2)17(3,4)16(19)14-11-7-9-13-10-8-12-20-15(13)14/h7,9,11H,5-6,8,10,12H2,1-4H3. The summed E-state index contributed by atoms with van der Waals surface area (Å²) >= 11 is 0. The van der Waals surface area contributed by atoms with Crippen LogP contribution in [0.25, 0.3) is 0 Å². The van der Waals surface area contributed by atoms with Crippen molar-refractivity contribution in [1.29, 1.82) is 0 Å². The lowest BCUT2D eigenvalue weighted by atomic mass is 9.88. The molecule has 1 aromatic rings. The summed E-state index contributed by atoms with van der Waals surface area (Å²) in [4.78, 5) is 15.2. The molecule has 110 valence electrons. The minimum absolute atomic E-state index is 0.153. The number of hydrogen-bond acceptors (Lipinski definition) is 3. The van der Waals surface area contributed by atoms with E-state index in [0.717, 1.165) is 42.8 Å². The Morgan fingerprint density at radius 1 is 1.30 bits per heavy atom. The molecule has 3 heteroatoms. The SMILES string of the molecule is CCN(CC)C(C)(C)C(=O)c1cccc2c1OCCC2. The van der Waals surface area contributed by atoms with Crippen LogP contribution in [0.15, 0.2) is 18.2 Å². The van der Waals surface area contributed by atoms with E-state index in [1.165, 1.54) is 0 Å². The number of ketones is 1. The first-order valence-electron chi connectivity index (χ1n) is 7.56. The molecule has 0 amide bonds. The van der Waals surface area contributed by atoms with E-state index in [-0.39, 0.29) is 5.78 Å². The van der Waals surface area contributed by atoms with Crippen LogP contribution in [0.5, 0.6) is 5.75 Å². The Kier molecular flexibility index (Phi) is 4.48. The van der Waals surface area contributed by atoms with E-state index in [0.29, 0.717) is 6.61 Å². The Labute approximate surface area is 121 Å². The van der Waals surface area contributed by atoms with Crippen LogP contribution < -0.4 is 4.74 Å². The van der Waals surface area contributed by atoms with Crippen LogP contribution in [0.2, 0.25) is 0 Å². The van der Waals surface area contributed by atoms with E-state index in [1.807, 2.05) is 26.0 Å². The van der Waals surface area contributed by atoms with E-state index in [4.69, 9.17) is 4.74 Å². The van der Waals surface area contributed by atoms with Gasteiger partial charge in [-0.1, -0.05) is 26.0 Å². The lowest BCUT2D eigenvalue weighted by Gasteiger charge is -2.36. The molecule has 1 aliphatic rings. The van der Waals surface area contributed by atoms with Gasteiger partial charge in [0.25, 0.3) is 0 Å². The number of benzene rings is 1. The molecule has 1 heterocycles. The monoisotopic (exact) mass is 275 g/mol. The zero-order valence-corrected chi connectivity index (χ0v) is 13.0. The number of rotatable bonds is 5. The number of para-hydroxylation sites is 1. The molecule has 0 aromatic heterocycles. The van der Waals surface area contributed by atoms with Crippen molar-refractivity contribution in [2.24, 2.45) is 0 Å². The number of aryl methyl sites for hydroxylation is 1. The van der Waals surface area contributed by atoms with Gasteiger partial charge >= 0.3 is 0 Å². The van der Waals surface area contributed by atoms with E-state index in [2.05, 4.69) is 24.8 Å². The summed E-state index contributed by atoms with van der Waals surface area (Å²) in [7, 11) is 0. The van der Waals surface area contributed by atoms with E-state index < -0.39 is 5.54 Å². The van der Waals surface area contributed by atoms with Crippen molar-refractivity contribution in [1.82, 2.24) is 4.90 Å². The Morgan fingerprint density at radius 2 is 2.00 bits per heavy atom. The smallest absolute Gasteiger partial charge is 0.186 e. The third-order valence-electron chi connectivity index (χ3n) is 4.29. The molecule has 1 aliphatic heterocycles. The highest BCUT2D eigenvalue weighted by molar-refractivity contribution is 6.05. The average Bonchev–Trinajstić information content (AvgIpc) is 2.47. The fourth-order valence-electron chi connectivity index (χ4n) is 3.06. The Bertz CT molecular complexity index is 490. The maximum Gasteiger partial charge on any atom is 0.186 e. The van der Waals surface area contributed by atoms with Gasteiger partial charge in [0.1, 0.15) is 5.75 Å². The van der Waals surface area contributed by atoms with Gasteiger partial charge in [-0.3, -0.25) is 9.69 Å². The zero-order valence-electron chi connectivity index (χ0n) is 13.0. The summed E-state index contributed by atoms with van der Waals surface area (Å²) in [5, 5.41) is 0. The number of fused-ring (bicyclic) bond motifs is 1. The maximum atomic E-state index is 13.0. The molecule has 2 rings (SSSR count). The van der Waals surface area contributed by atoms with Crippen molar-refractivity contribution in [3.63, 3.8) is 0 Å². The molecule has 0 bridgehead atoms. The summed E-state index contributed by atoms with van der Waals surface area (Å²) in [5.74, 6) is 0.962. The van der Waals surface area contributed by atoms with E-state index in [1.54, 1.807) is 0 Å². The van der Waals surface area contributed by atoms with Gasteiger partial charge in [-0.15, -0.1) is 0 Å². The van der Waals surface area contributed by atoms with Crippen molar-refractivity contribution < 1.29 is 9.53 Å². The van der Waals surface area contributed by atoms with Crippen molar-refractivity contribution in [2.75, 3.05) is 19.7 Å². The number of hydrogen-bond donors (Lipinski definition) is 0. The molecule has 0 unspecified atom stereocenters. The fourth-order valence-corrected chi connectivity index (χ4v) is 3.06. The molecule has 0 N–H and O–H groups in total. The molecule has 0 atom stereocenters. The quantitative estimate of drug-likeness (QED) is 0.772. The lowest BCUT2D eigenvalue weighted by Crippen LogP contribution is -2.50. The predicted molar refractivity (Wildman–Crippen MR) is 81.6 cm³/mol. The summed E-state index contributed by atoms with van der Waals surface area (Å²) < 4.78 is 5.78. The zero-order chi connectivity index (χ0) is 14.8. The second-order valence-corrected chi connectivity index (χ2v) is 5.81. The molecule has 1 aromatic carbocycles. The predicted octanol–water partition coefficient (Wildman–Crippen LogP) is 3.31. The number of likely N-dealkylation sites (N-methyl/N-ethyl adjacent to an activating group) is 1. The van der Waals surface area contributed by atoms with Gasteiger partial charge in [-0.25, -0.2) is 0 Å². The molecule has 0 aliphatic carbocycles. The van der Waals surface area contributed by atoms with Crippen molar-refractivity contribution in [3.05, 3.63) is 29.3 Å². The third-order valence-corrected chi connectivity index (χ3v) is 4.29. The average molecular weight is 275 g/mol. The van der Waals surface area contributed by atoms with Crippen LogP contribution in [-0.2, 0) is 6.42 Å². The molecule has 3 nitrogen and oxygen atoms in total. The Morgan fingerprint density at radius 3 is 2.65 bits per heavy atom. The van der Waals surface area contributed by atoms with E-state index in [9.17, 15) is 4.79 Å². The van der Waals surface area contributed by atoms with Crippen LogP contribution in [0, 0.1) is 0 Å². The second-order valence-electron chi connectivity index (χ2n) is 5.81. The fraction of sp³-hybridized carbons (Fsp3) is 0.588. The molecular weight excluding hydrogens is 250 g/mol. The highest BCUT2D eigenvalue weighted by Gasteiger charge is 2.35. The van der Waals surface area contributed by atoms with Crippen molar-refractivity contribution in [2.45, 2.75) is 46.1 Å². The number of carbonyl (C=O) groups excluding carboxylic acids is 1. The number of carbonyl (C=O) groups is 1. The van der Waals surface area contributed by atoms with Gasteiger partial charge in [0.2, 0.25) is 0 Å². The number of ether oxygens (including phenoxy) is 1. The number of Topliss-reactive ketones (excluding diaryl/α,β-unsaturated/α-hetero) is 1. The largest absolute Gasteiger partial charge is 0.493 e. The maximum absolute atomic E-state index is 13.0. The van der Waals surface area contributed by atoms with Crippen molar-refractivity contribution in [3.8, 4) is 5.75 Å². The Hall–Kier alpha value is -1.35. The first kappa shape index (κ1) is 15.0. The van der Waals surface area contributed by atoms with Crippen LogP contribution in [0.4, 0.5) is 0 Å². The highest BCUT2D eigenvalue weighted by atomic mass is 16.5. The molecule has 0 saturated heterocycles. The summed E-state index contributed by atoms with van der Waals surface area (Å²) in [6.45, 7) is 10.6. The van der Waals surface area contributed by atoms with Gasteiger partial charge in [-0.2, -0.15) is 0 Å². The topological polar surface area (TPSA) is 29.5 Å². The summed E-state index contributed by atoms with van der Waals surface area (Å²) in [6, 6.07) is 5.94. The first-order chi connectivity index (χ1) is 9.52. The van der Waals surface area contributed by atoms with Crippen LogP contribution >= 0.6 is 0 Å². The molecule has 20 heavy (non-hydrogen) atoms. The van der Waals surface area contributed by atoms with Gasteiger partial charge in [0, 0.05) is 0 Å². The van der Waals surface area contributed by atoms with Gasteiger partial charge in [0.05, 0.1) is 17.7 Å². The van der Waals surface area contributed by atoms with Crippen LogP contribution in [0.3, 0.4) is 0 Å². The molecular formula is C17H25NO2. The summed E-state index contributed by atoms with van der Waals surface area (Å²) in [5.41, 5.74) is 1.40. The minimum Gasteiger partial charge on any atom is -0.493 e. The summed E-state index contributed by atoms with van der Waals surface area (Å²) in [6.07, 6.45) is 2.03. The highest BCUT2D eigenvalue weighted by Crippen LogP contribution is 2.32. The van der Waals surface area contributed by atoms with Crippen LogP contribution in [0.1, 0.15) is 50.0 Å². The van der Waals surface area contributed by atoms with Gasteiger partial charge in [0.15, 0.2) is 5.78 Å². The molecule has 0 fully saturated rings. The molecule has 0 spiro atoms. The Balaban J connectivity index is 2.38. The van der Waals surface area contributed by atoms with Crippen LogP contribution in [-0.4, -0.2) is 35.9 Å².